The third-order valence-corrected chi connectivity index (χ3v) is 2.98. The zero-order valence-corrected chi connectivity index (χ0v) is 13.3. The van der Waals surface area contributed by atoms with E-state index < -0.39 is 0 Å². The highest BCUT2D eigenvalue weighted by Crippen LogP contribution is 2.24. The quantitative estimate of drug-likeness (QED) is 0.916. The SMILES string of the molecule is CCOc1nc(Cl)nc(Nc2ccc(C)c(N(C)C)c2)n1. The molecule has 0 saturated carbocycles. The number of nitrogens with one attached hydrogen (secondary N) is 1. The standard InChI is InChI=1S/C14H18ClN5O/c1-5-21-14-18-12(15)17-13(19-14)16-10-7-6-9(2)11(8-10)20(3)4/h6-8H,5H2,1-4H3,(H,16,17,18,19). The van der Waals surface area contributed by atoms with Gasteiger partial charge in [-0.15, -0.1) is 0 Å². The third kappa shape index (κ3) is 3.95. The van der Waals surface area contributed by atoms with Gasteiger partial charge in [-0.2, -0.15) is 15.0 Å². The minimum absolute atomic E-state index is 0.0934. The molecule has 0 unspecified atom stereocenters. The minimum Gasteiger partial charge on any atom is -0.464 e. The molecule has 2 rings (SSSR count). The first-order valence-corrected chi connectivity index (χ1v) is 6.96. The molecule has 1 N–H and O–H groups in total. The largest absolute Gasteiger partial charge is 0.464 e. The van der Waals surface area contributed by atoms with E-state index in [9.17, 15) is 0 Å². The summed E-state index contributed by atoms with van der Waals surface area (Å²) in [5, 5.41) is 3.21. The van der Waals surface area contributed by atoms with Gasteiger partial charge in [-0.05, 0) is 43.1 Å². The number of nitrogens with zero attached hydrogens (tertiary/aromatic N) is 4. The average molecular weight is 308 g/mol. The molecular formula is C14H18ClN5O. The Balaban J connectivity index is 2.27. The lowest BCUT2D eigenvalue weighted by Crippen LogP contribution is -2.10. The predicted octanol–water partition coefficient (Wildman–Crippen LogP) is 3.04. The van der Waals surface area contributed by atoms with Crippen LogP contribution in [0.1, 0.15) is 12.5 Å². The number of hydrogen-bond acceptors (Lipinski definition) is 6. The van der Waals surface area contributed by atoms with Crippen LogP contribution < -0.4 is 15.0 Å². The zero-order chi connectivity index (χ0) is 15.4. The van der Waals surface area contributed by atoms with E-state index in [1.165, 1.54) is 5.56 Å². The van der Waals surface area contributed by atoms with Crippen molar-refractivity contribution < 1.29 is 4.74 Å². The molecule has 7 heteroatoms. The van der Waals surface area contributed by atoms with Crippen molar-refractivity contribution in [2.75, 3.05) is 30.9 Å². The summed E-state index contributed by atoms with van der Waals surface area (Å²) in [6.45, 7) is 4.38. The second-order valence-corrected chi connectivity index (χ2v) is 5.00. The van der Waals surface area contributed by atoms with Crippen molar-refractivity contribution in [1.29, 1.82) is 0 Å². The first-order chi connectivity index (χ1) is 9.99. The van der Waals surface area contributed by atoms with Crippen LogP contribution in [0.4, 0.5) is 17.3 Å². The summed E-state index contributed by atoms with van der Waals surface area (Å²) in [5.74, 6) is 0.354. The number of aryl methyl sites for hydroxylation is 1. The van der Waals surface area contributed by atoms with Crippen molar-refractivity contribution in [1.82, 2.24) is 15.0 Å². The first-order valence-electron chi connectivity index (χ1n) is 6.59. The van der Waals surface area contributed by atoms with E-state index in [-0.39, 0.29) is 11.3 Å². The highest BCUT2D eigenvalue weighted by molar-refractivity contribution is 6.28. The van der Waals surface area contributed by atoms with Crippen molar-refractivity contribution >= 4 is 28.9 Å². The summed E-state index contributed by atoms with van der Waals surface area (Å²) in [5.41, 5.74) is 3.17. The summed E-state index contributed by atoms with van der Waals surface area (Å²) in [4.78, 5) is 14.2. The van der Waals surface area contributed by atoms with Gasteiger partial charge in [0.2, 0.25) is 11.2 Å². The van der Waals surface area contributed by atoms with E-state index in [0.29, 0.717) is 12.6 Å². The molecule has 1 aromatic carbocycles. The summed E-state index contributed by atoms with van der Waals surface area (Å²) in [6.07, 6.45) is 0. The van der Waals surface area contributed by atoms with E-state index in [1.807, 2.05) is 44.1 Å². The van der Waals surface area contributed by atoms with Gasteiger partial charge in [0.15, 0.2) is 0 Å². The van der Waals surface area contributed by atoms with E-state index in [1.54, 1.807) is 0 Å². The van der Waals surface area contributed by atoms with Gasteiger partial charge >= 0.3 is 6.01 Å². The fourth-order valence-corrected chi connectivity index (χ4v) is 2.03. The molecule has 0 radical (unpaired) electrons. The van der Waals surface area contributed by atoms with Crippen LogP contribution >= 0.6 is 11.6 Å². The lowest BCUT2D eigenvalue weighted by molar-refractivity contribution is 0.312. The molecular weight excluding hydrogens is 290 g/mol. The van der Waals surface area contributed by atoms with Gasteiger partial charge in [0.05, 0.1) is 6.61 Å². The van der Waals surface area contributed by atoms with Gasteiger partial charge in [-0.25, -0.2) is 0 Å². The second kappa shape index (κ2) is 6.58. The Kier molecular flexibility index (Phi) is 4.80. The lowest BCUT2D eigenvalue weighted by atomic mass is 10.1. The number of aromatic nitrogens is 3. The van der Waals surface area contributed by atoms with E-state index in [0.717, 1.165) is 11.4 Å². The highest BCUT2D eigenvalue weighted by atomic mass is 35.5. The molecule has 0 spiro atoms. The Morgan fingerprint density at radius 2 is 2.00 bits per heavy atom. The summed E-state index contributed by atoms with van der Waals surface area (Å²) in [6, 6.07) is 6.22. The van der Waals surface area contributed by atoms with Crippen molar-refractivity contribution in [3.8, 4) is 6.01 Å². The minimum atomic E-state index is 0.0934. The van der Waals surface area contributed by atoms with Crippen LogP contribution in [0, 0.1) is 6.92 Å². The van der Waals surface area contributed by atoms with Crippen LogP contribution in [0.25, 0.3) is 0 Å². The van der Waals surface area contributed by atoms with Crippen LogP contribution in [-0.2, 0) is 0 Å². The molecule has 1 aromatic heterocycles. The van der Waals surface area contributed by atoms with E-state index in [2.05, 4.69) is 27.2 Å². The number of rotatable bonds is 5. The Morgan fingerprint density at radius 3 is 2.67 bits per heavy atom. The molecule has 21 heavy (non-hydrogen) atoms. The lowest BCUT2D eigenvalue weighted by Gasteiger charge is -2.17. The summed E-state index contributed by atoms with van der Waals surface area (Å²) in [7, 11) is 4.00. The maximum absolute atomic E-state index is 5.87. The van der Waals surface area contributed by atoms with Crippen LogP contribution in [0.15, 0.2) is 18.2 Å². The van der Waals surface area contributed by atoms with Gasteiger partial charge in [0.1, 0.15) is 0 Å². The normalized spacial score (nSPS) is 10.3. The molecule has 6 nitrogen and oxygen atoms in total. The summed E-state index contributed by atoms with van der Waals surface area (Å²) >= 11 is 5.87. The Morgan fingerprint density at radius 1 is 1.24 bits per heavy atom. The van der Waals surface area contributed by atoms with Gasteiger partial charge in [-0.1, -0.05) is 6.07 Å². The number of halogens is 1. The molecule has 0 amide bonds. The first kappa shape index (κ1) is 15.3. The van der Waals surface area contributed by atoms with Crippen LogP contribution in [0.5, 0.6) is 6.01 Å². The number of anilines is 3. The summed E-state index contributed by atoms with van der Waals surface area (Å²) < 4.78 is 5.25. The molecule has 2 aromatic rings. The second-order valence-electron chi connectivity index (χ2n) is 4.66. The van der Waals surface area contributed by atoms with Crippen LogP contribution in [0.2, 0.25) is 5.28 Å². The van der Waals surface area contributed by atoms with Gasteiger partial charge < -0.3 is 15.0 Å². The van der Waals surface area contributed by atoms with Crippen molar-refractivity contribution in [3.05, 3.63) is 29.0 Å². The topological polar surface area (TPSA) is 63.2 Å². The fraction of sp³-hybridized carbons (Fsp3) is 0.357. The molecule has 0 fully saturated rings. The van der Waals surface area contributed by atoms with Crippen molar-refractivity contribution in [2.45, 2.75) is 13.8 Å². The van der Waals surface area contributed by atoms with Crippen LogP contribution in [0.3, 0.4) is 0 Å². The monoisotopic (exact) mass is 307 g/mol. The molecule has 0 atom stereocenters. The van der Waals surface area contributed by atoms with E-state index >= 15 is 0 Å². The smallest absolute Gasteiger partial charge is 0.322 e. The van der Waals surface area contributed by atoms with Gasteiger partial charge in [0.25, 0.3) is 0 Å². The van der Waals surface area contributed by atoms with Gasteiger partial charge in [0, 0.05) is 25.5 Å². The Labute approximate surface area is 129 Å². The van der Waals surface area contributed by atoms with E-state index in [4.69, 9.17) is 16.3 Å². The molecule has 0 bridgehead atoms. The average Bonchev–Trinajstić information content (AvgIpc) is 2.40. The molecule has 0 saturated heterocycles. The van der Waals surface area contributed by atoms with Crippen molar-refractivity contribution in [3.63, 3.8) is 0 Å². The maximum Gasteiger partial charge on any atom is 0.322 e. The fourth-order valence-electron chi connectivity index (χ4n) is 1.88. The van der Waals surface area contributed by atoms with Gasteiger partial charge in [-0.3, -0.25) is 0 Å². The third-order valence-electron chi connectivity index (χ3n) is 2.81. The van der Waals surface area contributed by atoms with Crippen molar-refractivity contribution in [2.24, 2.45) is 0 Å². The number of benzene rings is 1. The molecule has 0 aliphatic carbocycles. The highest BCUT2D eigenvalue weighted by Gasteiger charge is 2.08. The van der Waals surface area contributed by atoms with Crippen LogP contribution in [-0.4, -0.2) is 35.7 Å². The number of ether oxygens (including phenoxy) is 1. The molecule has 112 valence electrons. The predicted molar refractivity (Wildman–Crippen MR) is 84.8 cm³/mol. The molecule has 0 aliphatic rings. The zero-order valence-electron chi connectivity index (χ0n) is 12.5. The molecule has 1 heterocycles. The Bertz CT molecular complexity index is 633. The number of hydrogen-bond donors (Lipinski definition) is 1. The Hall–Kier alpha value is -2.08. The maximum atomic E-state index is 5.87. The molecule has 0 aliphatic heterocycles.